The maximum absolute atomic E-state index is 12.5. The van der Waals surface area contributed by atoms with E-state index in [1.165, 1.54) is 0 Å². The van der Waals surface area contributed by atoms with Crippen molar-refractivity contribution >= 4 is 23.1 Å². The number of carbonyl (C=O) groups excluding carboxylic acids is 1. The highest BCUT2D eigenvalue weighted by molar-refractivity contribution is 7.10. The number of amides is 2. The van der Waals surface area contributed by atoms with E-state index < -0.39 is 19.0 Å². The lowest BCUT2D eigenvalue weighted by atomic mass is 10.2. The zero-order chi connectivity index (χ0) is 16.8. The molecule has 0 aromatic carbocycles. The number of urea groups is 1. The fraction of sp³-hybridized carbons (Fsp3) is 0.333. The van der Waals surface area contributed by atoms with Crippen LogP contribution >= 0.6 is 11.3 Å². The Hall–Kier alpha value is -2.06. The molecule has 0 aliphatic rings. The molecule has 0 saturated carbocycles. The Bertz CT molecular complexity index is 664. The van der Waals surface area contributed by atoms with E-state index in [1.54, 1.807) is 29.7 Å². The van der Waals surface area contributed by atoms with Gasteiger partial charge in [-0.1, -0.05) is 0 Å². The van der Waals surface area contributed by atoms with Crippen LogP contribution in [0.25, 0.3) is 11.3 Å². The molecule has 0 radical (unpaired) electrons. The second-order valence-electron chi connectivity index (χ2n) is 4.84. The lowest BCUT2D eigenvalue weighted by molar-refractivity contribution is 0.0943. The van der Waals surface area contributed by atoms with Crippen LogP contribution in [0.1, 0.15) is 4.88 Å². The SMILES string of the molecule is Cc1cc(-c2ncccc2NC(=O)N(CCO)CC(F)F)cs1. The molecule has 23 heavy (non-hydrogen) atoms. The maximum atomic E-state index is 12.5. The van der Waals surface area contributed by atoms with Crippen molar-refractivity contribution in [2.24, 2.45) is 0 Å². The van der Waals surface area contributed by atoms with Gasteiger partial charge >= 0.3 is 6.03 Å². The number of pyridine rings is 1. The molecule has 0 saturated heterocycles. The predicted octanol–water partition coefficient (Wildman–Crippen LogP) is 3.21. The summed E-state index contributed by atoms with van der Waals surface area (Å²) in [5.74, 6) is 0. The van der Waals surface area contributed by atoms with Crippen molar-refractivity contribution in [1.82, 2.24) is 9.88 Å². The predicted molar refractivity (Wildman–Crippen MR) is 86.0 cm³/mol. The molecular formula is C15H17F2N3O2S. The van der Waals surface area contributed by atoms with Gasteiger partial charge in [-0.05, 0) is 25.1 Å². The van der Waals surface area contributed by atoms with Gasteiger partial charge < -0.3 is 15.3 Å². The van der Waals surface area contributed by atoms with Crippen LogP contribution in [0, 0.1) is 6.92 Å². The van der Waals surface area contributed by atoms with Crippen LogP contribution in [-0.2, 0) is 0 Å². The van der Waals surface area contributed by atoms with E-state index in [9.17, 15) is 13.6 Å². The molecule has 0 aliphatic heterocycles. The average molecular weight is 341 g/mol. The fourth-order valence-corrected chi connectivity index (χ4v) is 2.75. The molecule has 0 aliphatic carbocycles. The summed E-state index contributed by atoms with van der Waals surface area (Å²) < 4.78 is 25.1. The third kappa shape index (κ3) is 4.70. The number of alkyl halides is 2. The number of thiophene rings is 1. The lowest BCUT2D eigenvalue weighted by Gasteiger charge is -2.22. The number of nitrogens with one attached hydrogen (secondary N) is 1. The number of halogens is 2. The van der Waals surface area contributed by atoms with Crippen molar-refractivity contribution in [3.05, 3.63) is 34.7 Å². The van der Waals surface area contributed by atoms with Gasteiger partial charge in [-0.2, -0.15) is 0 Å². The molecule has 0 fully saturated rings. The Kier molecular flexibility index (Phi) is 6.00. The average Bonchev–Trinajstić information content (AvgIpc) is 2.93. The first kappa shape index (κ1) is 17.3. The van der Waals surface area contributed by atoms with Gasteiger partial charge in [0.2, 0.25) is 0 Å². The second-order valence-corrected chi connectivity index (χ2v) is 5.95. The molecule has 2 amide bonds. The highest BCUT2D eigenvalue weighted by Crippen LogP contribution is 2.29. The molecular weight excluding hydrogens is 324 g/mol. The fourth-order valence-electron chi connectivity index (χ4n) is 2.06. The van der Waals surface area contributed by atoms with Crippen LogP contribution in [-0.4, -0.2) is 47.1 Å². The second kappa shape index (κ2) is 7.98. The molecule has 2 rings (SSSR count). The van der Waals surface area contributed by atoms with Gasteiger partial charge in [-0.25, -0.2) is 13.6 Å². The molecule has 0 atom stereocenters. The minimum Gasteiger partial charge on any atom is -0.395 e. The van der Waals surface area contributed by atoms with Crippen molar-refractivity contribution in [3.63, 3.8) is 0 Å². The number of rotatable bonds is 6. The van der Waals surface area contributed by atoms with E-state index >= 15 is 0 Å². The maximum Gasteiger partial charge on any atom is 0.322 e. The van der Waals surface area contributed by atoms with Crippen LogP contribution < -0.4 is 5.32 Å². The molecule has 0 bridgehead atoms. The first-order valence-electron chi connectivity index (χ1n) is 6.96. The summed E-state index contributed by atoms with van der Waals surface area (Å²) in [6.07, 6.45) is -1.07. The number of nitrogens with zero attached hydrogens (tertiary/aromatic N) is 2. The van der Waals surface area contributed by atoms with E-state index in [2.05, 4.69) is 10.3 Å². The zero-order valence-corrected chi connectivity index (χ0v) is 13.3. The summed E-state index contributed by atoms with van der Waals surface area (Å²) in [6, 6.07) is 4.56. The van der Waals surface area contributed by atoms with E-state index in [-0.39, 0.29) is 13.2 Å². The van der Waals surface area contributed by atoms with Gasteiger partial charge in [0.05, 0.1) is 24.5 Å². The van der Waals surface area contributed by atoms with Crippen LogP contribution in [0.4, 0.5) is 19.3 Å². The standard InChI is InChI=1S/C15H17F2N3O2S/c1-10-7-11(9-23-10)14-12(3-2-4-18-14)19-15(22)20(5-6-21)8-13(16)17/h2-4,7,9,13,21H,5-6,8H2,1H3,(H,19,22). The first-order valence-corrected chi connectivity index (χ1v) is 7.84. The first-order chi connectivity index (χ1) is 11.0. The Morgan fingerprint density at radius 2 is 2.30 bits per heavy atom. The molecule has 0 spiro atoms. The van der Waals surface area contributed by atoms with Crippen molar-refractivity contribution < 1.29 is 18.7 Å². The van der Waals surface area contributed by atoms with Gasteiger partial charge in [0.15, 0.2) is 0 Å². The van der Waals surface area contributed by atoms with E-state index in [4.69, 9.17) is 5.11 Å². The van der Waals surface area contributed by atoms with E-state index in [0.29, 0.717) is 11.4 Å². The minimum atomic E-state index is -2.67. The van der Waals surface area contributed by atoms with Crippen LogP contribution in [0.3, 0.4) is 0 Å². The van der Waals surface area contributed by atoms with Gasteiger partial charge in [0, 0.05) is 28.6 Å². The molecule has 2 aromatic rings. The Morgan fingerprint density at radius 3 is 2.91 bits per heavy atom. The largest absolute Gasteiger partial charge is 0.395 e. The number of aryl methyl sites for hydroxylation is 1. The molecule has 8 heteroatoms. The van der Waals surface area contributed by atoms with Gasteiger partial charge in [0.1, 0.15) is 0 Å². The number of hydrogen-bond donors (Lipinski definition) is 2. The van der Waals surface area contributed by atoms with Crippen LogP contribution in [0.2, 0.25) is 0 Å². The highest BCUT2D eigenvalue weighted by atomic mass is 32.1. The van der Waals surface area contributed by atoms with E-state index in [1.807, 2.05) is 18.4 Å². The Morgan fingerprint density at radius 1 is 1.52 bits per heavy atom. The van der Waals surface area contributed by atoms with Crippen molar-refractivity contribution in [3.8, 4) is 11.3 Å². The van der Waals surface area contributed by atoms with Crippen LogP contribution in [0.15, 0.2) is 29.8 Å². The zero-order valence-electron chi connectivity index (χ0n) is 12.5. The topological polar surface area (TPSA) is 65.5 Å². The summed E-state index contributed by atoms with van der Waals surface area (Å²) in [6.45, 7) is 0.674. The summed E-state index contributed by atoms with van der Waals surface area (Å²) in [5, 5.41) is 13.4. The summed E-state index contributed by atoms with van der Waals surface area (Å²) in [7, 11) is 0. The monoisotopic (exact) mass is 341 g/mol. The number of carbonyl (C=O) groups is 1. The quantitative estimate of drug-likeness (QED) is 0.848. The minimum absolute atomic E-state index is 0.163. The van der Waals surface area contributed by atoms with E-state index in [0.717, 1.165) is 15.3 Å². The molecule has 2 N–H and O–H groups in total. The number of aromatic nitrogens is 1. The molecule has 124 valence electrons. The number of anilines is 1. The third-order valence-electron chi connectivity index (χ3n) is 3.07. The van der Waals surface area contributed by atoms with Crippen LogP contribution in [0.5, 0.6) is 0 Å². The summed E-state index contributed by atoms with van der Waals surface area (Å²) in [5.41, 5.74) is 1.87. The summed E-state index contributed by atoms with van der Waals surface area (Å²) >= 11 is 1.55. The highest BCUT2D eigenvalue weighted by Gasteiger charge is 2.19. The third-order valence-corrected chi connectivity index (χ3v) is 3.93. The lowest BCUT2D eigenvalue weighted by Crippen LogP contribution is -2.40. The normalized spacial score (nSPS) is 10.8. The van der Waals surface area contributed by atoms with Gasteiger partial charge in [-0.3, -0.25) is 4.98 Å². The number of aliphatic hydroxyl groups is 1. The molecule has 2 aromatic heterocycles. The van der Waals surface area contributed by atoms with Crippen molar-refractivity contribution in [2.75, 3.05) is 25.0 Å². The smallest absolute Gasteiger partial charge is 0.322 e. The van der Waals surface area contributed by atoms with Gasteiger partial charge in [-0.15, -0.1) is 11.3 Å². The number of hydrogen-bond acceptors (Lipinski definition) is 4. The Balaban J connectivity index is 2.20. The van der Waals surface area contributed by atoms with Gasteiger partial charge in [0.25, 0.3) is 6.43 Å². The Labute approximate surface area is 136 Å². The molecule has 5 nitrogen and oxygen atoms in total. The van der Waals surface area contributed by atoms with Crippen molar-refractivity contribution in [1.29, 1.82) is 0 Å². The summed E-state index contributed by atoms with van der Waals surface area (Å²) in [4.78, 5) is 18.4. The van der Waals surface area contributed by atoms with Crippen molar-refractivity contribution in [2.45, 2.75) is 13.3 Å². The molecule has 0 unspecified atom stereocenters. The number of aliphatic hydroxyl groups excluding tert-OH is 1. The molecule has 2 heterocycles.